The van der Waals surface area contributed by atoms with Crippen molar-refractivity contribution >= 4 is 40.7 Å². The van der Waals surface area contributed by atoms with Gasteiger partial charge >= 0.3 is 0 Å². The van der Waals surface area contributed by atoms with Gasteiger partial charge in [0.2, 0.25) is 0 Å². The second kappa shape index (κ2) is 11.0. The first-order chi connectivity index (χ1) is 16.5. The van der Waals surface area contributed by atoms with E-state index in [1.807, 2.05) is 30.3 Å². The third-order valence-electron chi connectivity index (χ3n) is 5.09. The molecule has 0 aliphatic rings. The number of aryl methyl sites for hydroxylation is 2. The van der Waals surface area contributed by atoms with E-state index < -0.39 is 5.91 Å². The summed E-state index contributed by atoms with van der Waals surface area (Å²) in [7, 11) is 0. The molecule has 4 rings (SSSR count). The van der Waals surface area contributed by atoms with E-state index in [-0.39, 0.29) is 23.2 Å². The number of hydrogen-bond acceptors (Lipinski definition) is 6. The molecule has 4 aromatic rings. The zero-order chi connectivity index (χ0) is 23.9. The Balaban J connectivity index is 1.31. The molecule has 34 heavy (non-hydrogen) atoms. The summed E-state index contributed by atoms with van der Waals surface area (Å²) in [5.74, 6) is 0.414. The van der Waals surface area contributed by atoms with E-state index in [4.69, 9.17) is 28.9 Å². The fraction of sp³-hybridized carbons (Fsp3) is 0.167. The Labute approximate surface area is 207 Å². The van der Waals surface area contributed by atoms with Gasteiger partial charge in [-0.15, -0.1) is 0 Å². The molecule has 10 heteroatoms. The molecule has 0 saturated heterocycles. The minimum Gasteiger partial charge on any atom is -0.382 e. The van der Waals surface area contributed by atoms with Crippen molar-refractivity contribution in [2.24, 2.45) is 0 Å². The van der Waals surface area contributed by atoms with Gasteiger partial charge in [0, 0.05) is 23.5 Å². The fourth-order valence-corrected chi connectivity index (χ4v) is 3.61. The lowest BCUT2D eigenvalue weighted by atomic mass is 10.1. The highest BCUT2D eigenvalue weighted by Crippen LogP contribution is 2.21. The second-order valence-corrected chi connectivity index (χ2v) is 8.39. The van der Waals surface area contributed by atoms with Gasteiger partial charge in [0.05, 0.1) is 6.54 Å². The van der Waals surface area contributed by atoms with Crippen LogP contribution in [0.5, 0.6) is 0 Å². The summed E-state index contributed by atoms with van der Waals surface area (Å²) in [4.78, 5) is 28.5. The minimum atomic E-state index is -0.488. The number of halogens is 2. The van der Waals surface area contributed by atoms with Gasteiger partial charge in [-0.1, -0.05) is 65.7 Å². The molecular formula is C24H23Cl2N7O. The number of nitrogens with two attached hydrogens (primary N) is 1. The summed E-state index contributed by atoms with van der Waals surface area (Å²) in [5, 5.41) is 6.51. The number of carbonyl (C=O) groups excluding carboxylic acids is 1. The van der Waals surface area contributed by atoms with Crippen molar-refractivity contribution in [2.75, 3.05) is 11.1 Å². The van der Waals surface area contributed by atoms with E-state index >= 15 is 0 Å². The molecule has 5 N–H and O–H groups in total. The highest BCUT2D eigenvalue weighted by Gasteiger charge is 2.17. The van der Waals surface area contributed by atoms with Crippen LogP contribution in [0.1, 0.15) is 33.1 Å². The maximum absolute atomic E-state index is 12.6. The Hall–Kier alpha value is -3.62. The lowest BCUT2D eigenvalue weighted by Crippen LogP contribution is -2.26. The van der Waals surface area contributed by atoms with Crippen LogP contribution in [0.2, 0.25) is 10.2 Å². The van der Waals surface area contributed by atoms with Crippen LogP contribution in [0.4, 0.5) is 11.6 Å². The minimum absolute atomic E-state index is 0.0245. The number of anilines is 2. The molecule has 0 radical (unpaired) electrons. The predicted molar refractivity (Wildman–Crippen MR) is 134 cm³/mol. The molecule has 0 aliphatic carbocycles. The van der Waals surface area contributed by atoms with Crippen molar-refractivity contribution in [2.45, 2.75) is 25.9 Å². The average molecular weight is 496 g/mol. The topological polar surface area (TPSA) is 122 Å². The van der Waals surface area contributed by atoms with Crippen LogP contribution in [0.3, 0.4) is 0 Å². The number of benzene rings is 2. The summed E-state index contributed by atoms with van der Waals surface area (Å²) in [6.07, 6.45) is 3.50. The lowest BCUT2D eigenvalue weighted by molar-refractivity contribution is 0.0945. The molecule has 8 nitrogen and oxygen atoms in total. The lowest BCUT2D eigenvalue weighted by Gasteiger charge is -2.11. The van der Waals surface area contributed by atoms with E-state index in [0.717, 1.165) is 24.1 Å². The van der Waals surface area contributed by atoms with Crippen molar-refractivity contribution in [3.05, 3.63) is 99.3 Å². The number of nitrogen functional groups attached to an aromatic ring is 1. The van der Waals surface area contributed by atoms with Crippen molar-refractivity contribution in [1.29, 1.82) is 0 Å². The Bertz CT molecular complexity index is 1260. The first-order valence-corrected chi connectivity index (χ1v) is 11.4. The average Bonchev–Trinajstić information content (AvgIpc) is 3.31. The Morgan fingerprint density at radius 3 is 2.47 bits per heavy atom. The number of nitrogens with one attached hydrogen (secondary N) is 3. The Morgan fingerprint density at radius 2 is 1.71 bits per heavy atom. The molecule has 174 valence electrons. The molecular weight excluding hydrogens is 473 g/mol. The van der Waals surface area contributed by atoms with Crippen LogP contribution < -0.4 is 16.4 Å². The number of amides is 1. The SMILES string of the molecule is Nc1nc(NCc2ccc(Cl)cc2)c(Cl)nc1C(=O)NCc1ncc(CCc2ccccc2)[nH]1. The van der Waals surface area contributed by atoms with E-state index in [2.05, 4.69) is 42.7 Å². The van der Waals surface area contributed by atoms with Gasteiger partial charge in [-0.05, 0) is 36.1 Å². The summed E-state index contributed by atoms with van der Waals surface area (Å²) in [6, 6.07) is 17.6. The first-order valence-electron chi connectivity index (χ1n) is 10.6. The third kappa shape index (κ3) is 6.24. The smallest absolute Gasteiger partial charge is 0.274 e. The van der Waals surface area contributed by atoms with E-state index in [1.165, 1.54) is 5.56 Å². The van der Waals surface area contributed by atoms with Crippen molar-refractivity contribution in [1.82, 2.24) is 25.3 Å². The highest BCUT2D eigenvalue weighted by molar-refractivity contribution is 6.32. The molecule has 2 heterocycles. The summed E-state index contributed by atoms with van der Waals surface area (Å²) in [6.45, 7) is 0.640. The van der Waals surface area contributed by atoms with Crippen molar-refractivity contribution in [3.63, 3.8) is 0 Å². The van der Waals surface area contributed by atoms with Crippen LogP contribution in [0.15, 0.2) is 60.8 Å². The summed E-state index contributed by atoms with van der Waals surface area (Å²) < 4.78 is 0. The second-order valence-electron chi connectivity index (χ2n) is 7.60. The quantitative estimate of drug-likeness (QED) is 0.272. The molecule has 2 aromatic carbocycles. The largest absolute Gasteiger partial charge is 0.382 e. The number of H-pyrrole nitrogens is 1. The van der Waals surface area contributed by atoms with Crippen LogP contribution in [0.25, 0.3) is 0 Å². The van der Waals surface area contributed by atoms with Gasteiger partial charge in [-0.25, -0.2) is 15.0 Å². The molecule has 2 aromatic heterocycles. The maximum Gasteiger partial charge on any atom is 0.274 e. The standard InChI is InChI=1S/C24H23Cl2N7O/c25-17-9-6-16(7-10-17)12-29-23-21(26)32-20(22(27)33-23)24(34)30-14-19-28-13-18(31-19)11-8-15-4-2-1-3-5-15/h1-7,9-10,13H,8,11-12,14H2,(H,28,31)(H,30,34)(H3,27,29,33). The third-order valence-corrected chi connectivity index (χ3v) is 5.61. The fourth-order valence-electron chi connectivity index (χ4n) is 3.29. The van der Waals surface area contributed by atoms with Gasteiger partial charge in [-0.3, -0.25) is 4.79 Å². The number of aromatic nitrogens is 4. The van der Waals surface area contributed by atoms with Crippen LogP contribution in [-0.2, 0) is 25.9 Å². The molecule has 0 unspecified atom stereocenters. The normalized spacial score (nSPS) is 10.8. The maximum atomic E-state index is 12.6. The van der Waals surface area contributed by atoms with Gasteiger partial charge in [-0.2, -0.15) is 0 Å². The molecule has 0 aliphatic heterocycles. The Kier molecular flexibility index (Phi) is 7.61. The number of imidazole rings is 1. The van der Waals surface area contributed by atoms with Crippen LogP contribution >= 0.6 is 23.2 Å². The predicted octanol–water partition coefficient (Wildman–Crippen LogP) is 4.42. The molecule has 0 spiro atoms. The van der Waals surface area contributed by atoms with E-state index in [0.29, 0.717) is 23.2 Å². The number of aromatic amines is 1. The summed E-state index contributed by atoms with van der Waals surface area (Å²) >= 11 is 12.1. The number of nitrogens with zero attached hydrogens (tertiary/aromatic N) is 3. The number of rotatable bonds is 9. The van der Waals surface area contributed by atoms with Crippen molar-refractivity contribution < 1.29 is 4.79 Å². The highest BCUT2D eigenvalue weighted by atomic mass is 35.5. The van der Waals surface area contributed by atoms with Gasteiger partial charge in [0.25, 0.3) is 5.91 Å². The summed E-state index contributed by atoms with van der Waals surface area (Å²) in [5.41, 5.74) is 9.15. The first kappa shape index (κ1) is 23.5. The van der Waals surface area contributed by atoms with E-state index in [1.54, 1.807) is 18.3 Å². The van der Waals surface area contributed by atoms with Crippen LogP contribution in [0, 0.1) is 0 Å². The molecule has 0 bridgehead atoms. The Morgan fingerprint density at radius 1 is 0.941 bits per heavy atom. The van der Waals surface area contributed by atoms with Gasteiger partial charge in [0.1, 0.15) is 5.82 Å². The molecule has 1 amide bonds. The van der Waals surface area contributed by atoms with Crippen LogP contribution in [-0.4, -0.2) is 25.8 Å². The molecule has 0 atom stereocenters. The van der Waals surface area contributed by atoms with Gasteiger partial charge in [0.15, 0.2) is 22.5 Å². The molecule has 0 saturated carbocycles. The zero-order valence-electron chi connectivity index (χ0n) is 18.2. The van der Waals surface area contributed by atoms with Crippen molar-refractivity contribution in [3.8, 4) is 0 Å². The number of hydrogen-bond donors (Lipinski definition) is 4. The molecule has 0 fully saturated rings. The van der Waals surface area contributed by atoms with E-state index in [9.17, 15) is 4.79 Å². The number of carbonyl (C=O) groups is 1. The zero-order valence-corrected chi connectivity index (χ0v) is 19.7. The van der Waals surface area contributed by atoms with Gasteiger partial charge < -0.3 is 21.4 Å². The monoisotopic (exact) mass is 495 g/mol.